The zero-order valence-electron chi connectivity index (χ0n) is 17.4. The van der Waals surface area contributed by atoms with Crippen molar-refractivity contribution in [2.45, 2.75) is 12.0 Å². The first-order chi connectivity index (χ1) is 15.2. The Hall–Kier alpha value is -3.74. The van der Waals surface area contributed by atoms with Gasteiger partial charge in [0.1, 0.15) is 5.75 Å². The number of methoxy groups -OCH3 is 3. The molecule has 0 amide bonds. The van der Waals surface area contributed by atoms with Crippen molar-refractivity contribution >= 4 is 11.7 Å². The van der Waals surface area contributed by atoms with Crippen LogP contribution >= 0.6 is 0 Å². The van der Waals surface area contributed by atoms with E-state index in [4.69, 9.17) is 18.9 Å². The van der Waals surface area contributed by atoms with Gasteiger partial charge < -0.3 is 24.3 Å². The number of carbonyl (C=O) groups is 1. The number of carbonyl (C=O) groups excluding carboxylic acids is 1. The Balaban J connectivity index is 1.73. The van der Waals surface area contributed by atoms with E-state index in [1.807, 2.05) is 48.5 Å². The Kier molecular flexibility index (Phi) is 4.66. The van der Waals surface area contributed by atoms with Gasteiger partial charge in [0.15, 0.2) is 11.5 Å². The number of hydrogen-bond acceptors (Lipinski definition) is 7. The summed E-state index contributed by atoms with van der Waals surface area (Å²) in [7, 11) is 4.71. The number of pyridine rings is 1. The van der Waals surface area contributed by atoms with Crippen molar-refractivity contribution in [3.63, 3.8) is 0 Å². The molecular weight excluding hydrogens is 396 g/mol. The van der Waals surface area contributed by atoms with Crippen LogP contribution in [0, 0.1) is 5.92 Å². The van der Waals surface area contributed by atoms with Crippen LogP contribution in [0.2, 0.25) is 0 Å². The normalized spacial score (nSPS) is 21.0. The minimum atomic E-state index is -0.514. The molecule has 3 atom stereocenters. The van der Waals surface area contributed by atoms with Crippen LogP contribution < -0.4 is 24.3 Å². The molecule has 0 spiro atoms. The van der Waals surface area contributed by atoms with Gasteiger partial charge in [-0.2, -0.15) is 0 Å². The lowest BCUT2D eigenvalue weighted by Gasteiger charge is -2.42. The standard InChI is InChI=1S/C24H22N2O5/c1-28-17-11-13(12-18(29-2)23(17)30-3)19-20-21(26-15-8-6-10-25-22(15)19)14-7-4-5-9-16(14)31-24(20)27/h4-12,19-21,26H,1-3H3. The average Bonchev–Trinajstić information content (AvgIpc) is 2.81. The molecule has 1 aromatic heterocycles. The fourth-order valence-electron chi connectivity index (χ4n) is 4.60. The van der Waals surface area contributed by atoms with Gasteiger partial charge in [0.2, 0.25) is 5.75 Å². The van der Waals surface area contributed by atoms with Gasteiger partial charge in [0.25, 0.3) is 0 Å². The van der Waals surface area contributed by atoms with Crippen LogP contribution in [0.5, 0.6) is 23.0 Å². The maximum Gasteiger partial charge on any atom is 0.317 e. The Bertz CT molecular complexity index is 1140. The molecule has 0 radical (unpaired) electrons. The van der Waals surface area contributed by atoms with E-state index < -0.39 is 5.92 Å². The molecule has 3 aromatic rings. The number of ether oxygens (including phenoxy) is 4. The van der Waals surface area contributed by atoms with Gasteiger partial charge in [-0.1, -0.05) is 18.2 Å². The van der Waals surface area contributed by atoms with Crippen LogP contribution in [-0.2, 0) is 4.79 Å². The second-order valence-electron chi connectivity index (χ2n) is 7.48. The molecule has 0 saturated carbocycles. The second-order valence-corrected chi connectivity index (χ2v) is 7.48. The minimum absolute atomic E-state index is 0.252. The molecule has 3 heterocycles. The van der Waals surface area contributed by atoms with Gasteiger partial charge in [0.05, 0.1) is 44.7 Å². The zero-order chi connectivity index (χ0) is 21.5. The van der Waals surface area contributed by atoms with E-state index in [0.29, 0.717) is 23.0 Å². The van der Waals surface area contributed by atoms with Crippen LogP contribution in [0.25, 0.3) is 0 Å². The summed E-state index contributed by atoms with van der Waals surface area (Å²) in [6.07, 6.45) is 1.73. The molecular formula is C24H22N2O5. The summed E-state index contributed by atoms with van der Waals surface area (Å²) in [4.78, 5) is 17.9. The quantitative estimate of drug-likeness (QED) is 0.508. The lowest BCUT2D eigenvalue weighted by molar-refractivity contribution is -0.141. The maximum absolute atomic E-state index is 13.2. The van der Waals surface area contributed by atoms with E-state index in [2.05, 4.69) is 10.3 Å². The Morgan fingerprint density at radius 3 is 2.42 bits per heavy atom. The minimum Gasteiger partial charge on any atom is -0.493 e. The van der Waals surface area contributed by atoms with Crippen LogP contribution in [0.15, 0.2) is 54.7 Å². The highest BCUT2D eigenvalue weighted by molar-refractivity contribution is 5.84. The molecule has 0 saturated heterocycles. The number of fused-ring (bicyclic) bond motifs is 4. The van der Waals surface area contributed by atoms with E-state index in [9.17, 15) is 4.79 Å². The van der Waals surface area contributed by atoms with Gasteiger partial charge in [-0.3, -0.25) is 9.78 Å². The highest BCUT2D eigenvalue weighted by Gasteiger charge is 2.48. The molecule has 5 rings (SSSR count). The molecule has 7 heteroatoms. The Morgan fingerprint density at radius 2 is 1.71 bits per heavy atom. The molecule has 158 valence electrons. The molecule has 3 unspecified atom stereocenters. The molecule has 2 aliphatic heterocycles. The van der Waals surface area contributed by atoms with Crippen molar-refractivity contribution < 1.29 is 23.7 Å². The van der Waals surface area contributed by atoms with E-state index in [1.54, 1.807) is 27.5 Å². The van der Waals surface area contributed by atoms with Gasteiger partial charge >= 0.3 is 5.97 Å². The van der Waals surface area contributed by atoms with Crippen LogP contribution in [0.3, 0.4) is 0 Å². The Labute approximate surface area is 179 Å². The van der Waals surface area contributed by atoms with Crippen molar-refractivity contribution in [1.82, 2.24) is 4.98 Å². The summed E-state index contributed by atoms with van der Waals surface area (Å²) >= 11 is 0. The van der Waals surface area contributed by atoms with Gasteiger partial charge in [-0.15, -0.1) is 0 Å². The van der Waals surface area contributed by atoms with Crippen LogP contribution in [0.1, 0.15) is 28.8 Å². The fraction of sp³-hybridized carbons (Fsp3) is 0.250. The van der Waals surface area contributed by atoms with Gasteiger partial charge in [0, 0.05) is 17.7 Å². The second kappa shape index (κ2) is 7.50. The average molecular weight is 418 g/mol. The number of benzene rings is 2. The molecule has 0 aliphatic carbocycles. The predicted octanol–water partition coefficient (Wildman–Crippen LogP) is 3.94. The van der Waals surface area contributed by atoms with Gasteiger partial charge in [-0.25, -0.2) is 0 Å². The van der Waals surface area contributed by atoms with E-state index >= 15 is 0 Å². The highest BCUT2D eigenvalue weighted by Crippen LogP contribution is 2.53. The first-order valence-corrected chi connectivity index (χ1v) is 9.98. The zero-order valence-corrected chi connectivity index (χ0v) is 17.4. The van der Waals surface area contributed by atoms with Crippen molar-refractivity contribution in [2.75, 3.05) is 26.6 Å². The van der Waals surface area contributed by atoms with Crippen molar-refractivity contribution in [1.29, 1.82) is 0 Å². The maximum atomic E-state index is 13.2. The van der Waals surface area contributed by atoms with Crippen molar-refractivity contribution in [2.24, 2.45) is 5.92 Å². The number of nitrogens with zero attached hydrogens (tertiary/aromatic N) is 1. The largest absolute Gasteiger partial charge is 0.493 e. The summed E-state index contributed by atoms with van der Waals surface area (Å²) in [5.74, 6) is 0.945. The number of esters is 1. The summed E-state index contributed by atoms with van der Waals surface area (Å²) in [6.45, 7) is 0. The van der Waals surface area contributed by atoms with Crippen molar-refractivity contribution in [3.8, 4) is 23.0 Å². The van der Waals surface area contributed by atoms with E-state index in [0.717, 1.165) is 22.5 Å². The molecule has 2 aromatic carbocycles. The first-order valence-electron chi connectivity index (χ1n) is 9.98. The molecule has 1 N–H and O–H groups in total. The third kappa shape index (κ3) is 2.96. The summed E-state index contributed by atoms with van der Waals surface area (Å²) in [5.41, 5.74) is 3.43. The third-order valence-corrected chi connectivity index (χ3v) is 5.95. The Morgan fingerprint density at radius 1 is 0.968 bits per heavy atom. The number of para-hydroxylation sites is 1. The first kappa shape index (κ1) is 19.2. The number of anilines is 1. The molecule has 2 aliphatic rings. The molecule has 0 bridgehead atoms. The summed E-state index contributed by atoms with van der Waals surface area (Å²) in [5, 5.41) is 3.51. The third-order valence-electron chi connectivity index (χ3n) is 5.95. The molecule has 0 fully saturated rings. The van der Waals surface area contributed by atoms with E-state index in [1.165, 1.54) is 0 Å². The highest BCUT2D eigenvalue weighted by atomic mass is 16.5. The molecule has 31 heavy (non-hydrogen) atoms. The topological polar surface area (TPSA) is 78.9 Å². The predicted molar refractivity (Wildman–Crippen MR) is 114 cm³/mol. The number of hydrogen-bond donors (Lipinski definition) is 1. The van der Waals surface area contributed by atoms with Crippen LogP contribution in [-0.4, -0.2) is 32.3 Å². The van der Waals surface area contributed by atoms with E-state index in [-0.39, 0.29) is 17.9 Å². The lowest BCUT2D eigenvalue weighted by atomic mass is 9.72. The SMILES string of the molecule is COc1cc(C2c3ncccc3NC3c4ccccc4OC(=O)C32)cc(OC)c1OC. The number of rotatable bonds is 4. The number of aromatic nitrogens is 1. The smallest absolute Gasteiger partial charge is 0.317 e. The lowest BCUT2D eigenvalue weighted by Crippen LogP contribution is -2.42. The summed E-state index contributed by atoms with van der Waals surface area (Å²) in [6, 6.07) is 15.0. The monoisotopic (exact) mass is 418 g/mol. The van der Waals surface area contributed by atoms with Crippen molar-refractivity contribution in [3.05, 3.63) is 71.5 Å². The molecule has 7 nitrogen and oxygen atoms in total. The number of nitrogens with one attached hydrogen (secondary N) is 1. The van der Waals surface area contributed by atoms with Gasteiger partial charge in [-0.05, 0) is 35.9 Å². The fourth-order valence-corrected chi connectivity index (χ4v) is 4.60. The van der Waals surface area contributed by atoms with Crippen LogP contribution in [0.4, 0.5) is 5.69 Å². The summed E-state index contributed by atoms with van der Waals surface area (Å²) < 4.78 is 22.3.